The molecule has 0 aromatic heterocycles. The van der Waals surface area contributed by atoms with Crippen LogP contribution in [0.25, 0.3) is 0 Å². The third-order valence-corrected chi connectivity index (χ3v) is 5.44. The SMILES string of the molecule is CCOC(=O)C(CCc1ccccc1)NCC(=O)N1c2ccccc2CCC1C(=O)O.[Na]. The van der Waals surface area contributed by atoms with Crippen LogP contribution in [-0.2, 0) is 32.0 Å². The van der Waals surface area contributed by atoms with Crippen LogP contribution in [-0.4, -0.2) is 77.7 Å². The van der Waals surface area contributed by atoms with E-state index in [-0.39, 0.29) is 48.6 Å². The quantitative estimate of drug-likeness (QED) is 0.452. The molecule has 2 aromatic rings. The van der Waals surface area contributed by atoms with Gasteiger partial charge >= 0.3 is 11.9 Å². The number of carboxylic acid groups (broad SMARTS) is 1. The molecule has 2 atom stereocenters. The van der Waals surface area contributed by atoms with E-state index in [2.05, 4.69) is 5.32 Å². The molecule has 2 unspecified atom stereocenters. The van der Waals surface area contributed by atoms with E-state index >= 15 is 0 Å². The third-order valence-electron chi connectivity index (χ3n) is 5.44. The standard InChI is InChI=1S/C24H28N2O5.Na/c1-2-31-24(30)19(14-12-17-8-4-3-5-9-17)25-16-22(27)26-20-11-7-6-10-18(20)13-15-21(26)23(28)29;/h3-11,19,21,25H,2,12-16H2,1H3,(H,28,29);. The maximum Gasteiger partial charge on any atom is 0.326 e. The number of esters is 1. The zero-order valence-electron chi connectivity index (χ0n) is 18.6. The Labute approximate surface area is 210 Å². The van der Waals surface area contributed by atoms with E-state index in [0.29, 0.717) is 31.4 Å². The fraction of sp³-hybridized carbons (Fsp3) is 0.375. The summed E-state index contributed by atoms with van der Waals surface area (Å²) >= 11 is 0. The minimum atomic E-state index is -1.03. The Bertz CT molecular complexity index is 922. The van der Waals surface area contributed by atoms with Crippen LogP contribution in [0.5, 0.6) is 0 Å². The van der Waals surface area contributed by atoms with Crippen LogP contribution in [0.4, 0.5) is 5.69 Å². The molecule has 1 heterocycles. The van der Waals surface area contributed by atoms with Gasteiger partial charge in [-0.3, -0.25) is 19.8 Å². The molecule has 1 radical (unpaired) electrons. The van der Waals surface area contributed by atoms with Crippen molar-refractivity contribution in [2.75, 3.05) is 18.1 Å². The number of aryl methyl sites for hydroxylation is 2. The number of nitrogens with one attached hydrogen (secondary N) is 1. The molecule has 3 rings (SSSR count). The van der Waals surface area contributed by atoms with Crippen LogP contribution in [0.2, 0.25) is 0 Å². The van der Waals surface area contributed by atoms with Crippen molar-refractivity contribution in [2.45, 2.75) is 44.7 Å². The molecular formula is C24H28N2NaO5. The Kier molecular flexibility index (Phi) is 10.4. The van der Waals surface area contributed by atoms with Crippen molar-refractivity contribution >= 4 is 53.1 Å². The zero-order chi connectivity index (χ0) is 22.2. The van der Waals surface area contributed by atoms with Gasteiger partial charge in [0, 0.05) is 35.2 Å². The molecule has 165 valence electrons. The number of anilines is 1. The van der Waals surface area contributed by atoms with E-state index in [0.717, 1.165) is 11.1 Å². The van der Waals surface area contributed by atoms with E-state index in [1.54, 1.807) is 19.1 Å². The van der Waals surface area contributed by atoms with Gasteiger partial charge in [-0.05, 0) is 49.8 Å². The van der Waals surface area contributed by atoms with Crippen LogP contribution < -0.4 is 10.2 Å². The first kappa shape index (κ1) is 26.1. The van der Waals surface area contributed by atoms with Crippen molar-refractivity contribution in [3.05, 3.63) is 65.7 Å². The first-order chi connectivity index (χ1) is 15.0. The molecule has 0 aliphatic carbocycles. The predicted octanol–water partition coefficient (Wildman–Crippen LogP) is 2.19. The van der Waals surface area contributed by atoms with Gasteiger partial charge in [0.05, 0.1) is 13.2 Å². The average molecular weight is 447 g/mol. The molecule has 1 amide bonds. The Morgan fingerprint density at radius 3 is 2.50 bits per heavy atom. The van der Waals surface area contributed by atoms with Crippen molar-refractivity contribution in [1.29, 1.82) is 0 Å². The van der Waals surface area contributed by atoms with E-state index in [4.69, 9.17) is 4.74 Å². The molecule has 0 bridgehead atoms. The van der Waals surface area contributed by atoms with Crippen LogP contribution in [0, 0.1) is 0 Å². The second-order valence-corrected chi connectivity index (χ2v) is 7.49. The summed E-state index contributed by atoms with van der Waals surface area (Å²) in [7, 11) is 0. The summed E-state index contributed by atoms with van der Waals surface area (Å²) in [4.78, 5) is 38.6. The molecule has 0 saturated heterocycles. The van der Waals surface area contributed by atoms with Gasteiger partial charge in [-0.25, -0.2) is 4.79 Å². The Morgan fingerprint density at radius 1 is 1.12 bits per heavy atom. The number of hydrogen-bond acceptors (Lipinski definition) is 5. The number of rotatable bonds is 9. The van der Waals surface area contributed by atoms with Gasteiger partial charge < -0.3 is 9.84 Å². The van der Waals surface area contributed by atoms with Crippen molar-refractivity contribution in [2.24, 2.45) is 0 Å². The number of fused-ring (bicyclic) bond motifs is 1. The number of benzene rings is 2. The predicted molar refractivity (Wildman–Crippen MR) is 123 cm³/mol. The number of ether oxygens (including phenoxy) is 1. The molecule has 1 aliphatic heterocycles. The fourth-order valence-corrected chi connectivity index (χ4v) is 3.89. The Balaban J connectivity index is 0.00000363. The van der Waals surface area contributed by atoms with Crippen LogP contribution in [0.1, 0.15) is 30.9 Å². The average Bonchev–Trinajstić information content (AvgIpc) is 2.78. The first-order valence-electron chi connectivity index (χ1n) is 10.6. The smallest absolute Gasteiger partial charge is 0.326 e. The molecular weight excluding hydrogens is 419 g/mol. The normalized spacial score (nSPS) is 15.8. The second-order valence-electron chi connectivity index (χ2n) is 7.49. The largest absolute Gasteiger partial charge is 0.480 e. The minimum absolute atomic E-state index is 0. The first-order valence-corrected chi connectivity index (χ1v) is 10.6. The maximum absolute atomic E-state index is 13.1. The van der Waals surface area contributed by atoms with Gasteiger partial charge in [-0.1, -0.05) is 48.5 Å². The van der Waals surface area contributed by atoms with Crippen LogP contribution in [0.15, 0.2) is 54.6 Å². The summed E-state index contributed by atoms with van der Waals surface area (Å²) in [6.45, 7) is 1.83. The van der Waals surface area contributed by atoms with E-state index in [1.807, 2.05) is 42.5 Å². The summed E-state index contributed by atoms with van der Waals surface area (Å²) in [5.41, 5.74) is 2.64. The number of aliphatic carboxylic acids is 1. The van der Waals surface area contributed by atoms with Gasteiger partial charge in [0.15, 0.2) is 0 Å². The Morgan fingerprint density at radius 2 is 1.81 bits per heavy atom. The van der Waals surface area contributed by atoms with Crippen molar-refractivity contribution in [3.8, 4) is 0 Å². The van der Waals surface area contributed by atoms with Crippen LogP contribution >= 0.6 is 0 Å². The summed E-state index contributed by atoms with van der Waals surface area (Å²) in [5.74, 6) is -1.83. The summed E-state index contributed by atoms with van der Waals surface area (Å²) < 4.78 is 5.17. The molecule has 8 heteroatoms. The number of carbonyl (C=O) groups excluding carboxylic acids is 2. The van der Waals surface area contributed by atoms with Gasteiger partial charge in [-0.15, -0.1) is 0 Å². The van der Waals surface area contributed by atoms with Gasteiger partial charge in [0.25, 0.3) is 0 Å². The summed E-state index contributed by atoms with van der Waals surface area (Å²) in [5, 5.41) is 12.6. The number of para-hydroxylation sites is 1. The van der Waals surface area contributed by atoms with Crippen molar-refractivity contribution in [1.82, 2.24) is 5.32 Å². The molecule has 0 spiro atoms. The fourth-order valence-electron chi connectivity index (χ4n) is 3.89. The van der Waals surface area contributed by atoms with Gasteiger partial charge in [0.2, 0.25) is 5.91 Å². The maximum atomic E-state index is 13.1. The van der Waals surface area contributed by atoms with Crippen LogP contribution in [0.3, 0.4) is 0 Å². The topological polar surface area (TPSA) is 95.9 Å². The number of amides is 1. The molecule has 7 nitrogen and oxygen atoms in total. The van der Waals surface area contributed by atoms with Crippen molar-refractivity contribution in [3.63, 3.8) is 0 Å². The zero-order valence-corrected chi connectivity index (χ0v) is 20.6. The number of carboxylic acids is 1. The molecule has 32 heavy (non-hydrogen) atoms. The number of nitrogens with zero attached hydrogens (tertiary/aromatic N) is 1. The molecule has 2 N–H and O–H groups in total. The van der Waals surface area contributed by atoms with Crippen molar-refractivity contribution < 1.29 is 24.2 Å². The third kappa shape index (κ3) is 6.65. The molecule has 1 aliphatic rings. The number of carbonyl (C=O) groups is 3. The van der Waals surface area contributed by atoms with E-state index in [1.165, 1.54) is 4.90 Å². The molecule has 0 saturated carbocycles. The molecule has 2 aromatic carbocycles. The summed E-state index contributed by atoms with van der Waals surface area (Å²) in [6.07, 6.45) is 2.07. The molecule has 0 fully saturated rings. The minimum Gasteiger partial charge on any atom is -0.480 e. The second kappa shape index (κ2) is 12.7. The summed E-state index contributed by atoms with van der Waals surface area (Å²) in [6, 6.07) is 15.5. The van der Waals surface area contributed by atoms with Gasteiger partial charge in [-0.2, -0.15) is 0 Å². The van der Waals surface area contributed by atoms with Gasteiger partial charge in [0.1, 0.15) is 12.1 Å². The van der Waals surface area contributed by atoms with E-state index < -0.39 is 24.0 Å². The Hall–Kier alpha value is -2.19. The monoisotopic (exact) mass is 447 g/mol. The number of hydrogen-bond donors (Lipinski definition) is 2. The van der Waals surface area contributed by atoms with E-state index in [9.17, 15) is 19.5 Å².